The second kappa shape index (κ2) is 9.72. The number of aryl methyl sites for hydroxylation is 2. The van der Waals surface area contributed by atoms with E-state index in [1.807, 2.05) is 24.9 Å². The molecule has 2 N–H and O–H groups in total. The molecule has 2 fully saturated rings. The average Bonchev–Trinajstić information content (AvgIpc) is 3.28. The molecule has 0 unspecified atom stereocenters. The summed E-state index contributed by atoms with van der Waals surface area (Å²) in [6, 6.07) is 10.6. The molecule has 0 atom stereocenters. The summed E-state index contributed by atoms with van der Waals surface area (Å²) < 4.78 is 5.55. The third-order valence-corrected chi connectivity index (χ3v) is 7.76. The molecular weight excluding hydrogens is 438 g/mol. The molecule has 1 saturated carbocycles. The van der Waals surface area contributed by atoms with E-state index in [2.05, 4.69) is 51.7 Å². The van der Waals surface area contributed by atoms with Crippen molar-refractivity contribution >= 4 is 11.6 Å². The van der Waals surface area contributed by atoms with Gasteiger partial charge in [0.25, 0.3) is 5.91 Å². The predicted molar refractivity (Wildman–Crippen MR) is 138 cm³/mol. The van der Waals surface area contributed by atoms with E-state index in [1.54, 1.807) is 7.11 Å². The summed E-state index contributed by atoms with van der Waals surface area (Å²) in [6.45, 7) is 5.47. The lowest BCUT2D eigenvalue weighted by Gasteiger charge is -2.33. The van der Waals surface area contributed by atoms with Crippen molar-refractivity contribution in [2.24, 2.45) is 0 Å². The zero-order valence-corrected chi connectivity index (χ0v) is 21.1. The van der Waals surface area contributed by atoms with E-state index in [1.165, 1.54) is 30.4 Å². The minimum absolute atomic E-state index is 0.109. The number of likely N-dealkylation sites (tertiary alicyclic amines) is 1. The Kier molecular flexibility index (Phi) is 6.50. The van der Waals surface area contributed by atoms with Crippen molar-refractivity contribution in [1.29, 1.82) is 0 Å². The first-order valence-corrected chi connectivity index (χ1v) is 12.7. The van der Waals surface area contributed by atoms with Crippen molar-refractivity contribution in [3.63, 3.8) is 0 Å². The minimum Gasteiger partial charge on any atom is -0.495 e. The van der Waals surface area contributed by atoms with Crippen LogP contribution in [-0.4, -0.2) is 53.2 Å². The van der Waals surface area contributed by atoms with Crippen molar-refractivity contribution in [3.8, 4) is 17.1 Å². The molecule has 1 aliphatic carbocycles. The maximum absolute atomic E-state index is 13.7. The maximum atomic E-state index is 13.7. The number of aromatic nitrogens is 3. The van der Waals surface area contributed by atoms with Crippen molar-refractivity contribution in [1.82, 2.24) is 20.1 Å². The summed E-state index contributed by atoms with van der Waals surface area (Å²) in [4.78, 5) is 20.2. The van der Waals surface area contributed by atoms with Crippen LogP contribution in [0.1, 0.15) is 76.8 Å². The summed E-state index contributed by atoms with van der Waals surface area (Å²) in [5.74, 6) is 3.41. The van der Waals surface area contributed by atoms with Crippen LogP contribution in [0.25, 0.3) is 11.4 Å². The van der Waals surface area contributed by atoms with E-state index in [4.69, 9.17) is 4.74 Å². The van der Waals surface area contributed by atoms with Crippen molar-refractivity contribution in [2.75, 3.05) is 32.6 Å². The zero-order valence-electron chi connectivity index (χ0n) is 21.1. The fourth-order valence-electron chi connectivity index (χ4n) is 5.43. The van der Waals surface area contributed by atoms with E-state index in [0.29, 0.717) is 17.7 Å². The molecule has 35 heavy (non-hydrogen) atoms. The number of nitrogens with one attached hydrogen (secondary N) is 2. The van der Waals surface area contributed by atoms with Crippen LogP contribution in [0.5, 0.6) is 5.75 Å². The minimum atomic E-state index is 0.109. The summed E-state index contributed by atoms with van der Waals surface area (Å²) in [5, 5.41) is 10.6. The number of carbonyl (C=O) groups is 1. The smallest absolute Gasteiger partial charge is 0.254 e. The first-order valence-electron chi connectivity index (χ1n) is 12.7. The van der Waals surface area contributed by atoms with E-state index in [9.17, 15) is 4.79 Å². The Labute approximate surface area is 207 Å². The number of H-pyrrole nitrogens is 1. The lowest BCUT2D eigenvalue weighted by Crippen LogP contribution is -2.38. The van der Waals surface area contributed by atoms with Gasteiger partial charge in [0.15, 0.2) is 5.82 Å². The first-order chi connectivity index (χ1) is 17.0. The molecule has 0 radical (unpaired) electrons. The number of ether oxygens (including phenoxy) is 1. The summed E-state index contributed by atoms with van der Waals surface area (Å²) in [6.07, 6.45) is 5.53. The molecule has 5 rings (SSSR count). The molecule has 184 valence electrons. The predicted octanol–water partition coefficient (Wildman–Crippen LogP) is 5.43. The molecule has 1 aliphatic heterocycles. The van der Waals surface area contributed by atoms with Gasteiger partial charge in [-0.05, 0) is 86.3 Å². The number of methoxy groups -OCH3 is 1. The second-order valence-corrected chi connectivity index (χ2v) is 9.90. The van der Waals surface area contributed by atoms with Crippen LogP contribution in [0.4, 0.5) is 5.69 Å². The molecule has 1 aromatic heterocycles. The summed E-state index contributed by atoms with van der Waals surface area (Å²) >= 11 is 0. The molecule has 2 aromatic carbocycles. The highest BCUT2D eigenvalue weighted by molar-refractivity contribution is 5.97. The quantitative estimate of drug-likeness (QED) is 0.499. The van der Waals surface area contributed by atoms with Gasteiger partial charge in [-0.2, -0.15) is 5.10 Å². The van der Waals surface area contributed by atoms with Gasteiger partial charge >= 0.3 is 0 Å². The molecule has 2 aliphatic rings. The van der Waals surface area contributed by atoms with Crippen LogP contribution in [0.15, 0.2) is 30.3 Å². The van der Waals surface area contributed by atoms with Crippen LogP contribution in [0.2, 0.25) is 0 Å². The van der Waals surface area contributed by atoms with E-state index in [-0.39, 0.29) is 5.91 Å². The largest absolute Gasteiger partial charge is 0.495 e. The van der Waals surface area contributed by atoms with Crippen molar-refractivity contribution in [2.45, 2.75) is 57.8 Å². The Balaban J connectivity index is 1.35. The Morgan fingerprint density at radius 3 is 2.46 bits per heavy atom. The van der Waals surface area contributed by atoms with Gasteiger partial charge in [0.2, 0.25) is 0 Å². The molecule has 1 saturated heterocycles. The molecule has 3 aromatic rings. The number of amides is 1. The lowest BCUT2D eigenvalue weighted by atomic mass is 9.77. The van der Waals surface area contributed by atoms with Gasteiger partial charge in [-0.15, -0.1) is 0 Å². The number of benzene rings is 2. The molecular formula is C28H35N5O2. The number of hydrogen-bond acceptors (Lipinski definition) is 5. The normalized spacial score (nSPS) is 16.7. The highest BCUT2D eigenvalue weighted by Gasteiger charge is 2.29. The monoisotopic (exact) mass is 473 g/mol. The topological polar surface area (TPSA) is 83.1 Å². The number of carbonyl (C=O) groups excluding carboxylic acids is 1. The fraction of sp³-hybridized carbons (Fsp3) is 0.464. The van der Waals surface area contributed by atoms with Crippen molar-refractivity contribution < 1.29 is 9.53 Å². The van der Waals surface area contributed by atoms with Gasteiger partial charge in [-0.3, -0.25) is 9.89 Å². The molecule has 1 amide bonds. The van der Waals surface area contributed by atoms with Crippen LogP contribution >= 0.6 is 0 Å². The van der Waals surface area contributed by atoms with E-state index >= 15 is 0 Å². The van der Waals surface area contributed by atoms with E-state index < -0.39 is 0 Å². The van der Waals surface area contributed by atoms with E-state index in [0.717, 1.165) is 59.9 Å². The molecule has 2 heterocycles. The Morgan fingerprint density at radius 2 is 1.86 bits per heavy atom. The van der Waals surface area contributed by atoms with Crippen LogP contribution in [0, 0.1) is 13.8 Å². The second-order valence-electron chi connectivity index (χ2n) is 9.90. The standard InChI is InChI=1S/C28H35N5O2/c1-17-14-23(20-6-5-7-20)24(27-30-18(2)31-32-27)16-22(17)28(34)33-12-10-19(11-13-33)21-8-9-25(29-3)26(15-21)35-4/h8-9,14-16,19-20,29H,5-7,10-13H2,1-4H3,(H,30,31,32). The Morgan fingerprint density at radius 1 is 1.09 bits per heavy atom. The molecule has 0 spiro atoms. The number of aromatic amines is 1. The number of nitrogens with zero attached hydrogens (tertiary/aromatic N) is 3. The Bertz CT molecular complexity index is 1220. The first kappa shape index (κ1) is 23.4. The average molecular weight is 474 g/mol. The third-order valence-electron chi connectivity index (χ3n) is 7.76. The summed E-state index contributed by atoms with van der Waals surface area (Å²) in [7, 11) is 3.60. The van der Waals surface area contributed by atoms with Gasteiger partial charge in [0, 0.05) is 31.3 Å². The SMILES string of the molecule is CNc1ccc(C2CCN(C(=O)c3cc(-c4n[nH]c(C)n4)c(C4CCC4)cc3C)CC2)cc1OC. The van der Waals surface area contributed by atoms with Crippen LogP contribution in [-0.2, 0) is 0 Å². The summed E-state index contributed by atoms with van der Waals surface area (Å²) in [5.41, 5.74) is 6.35. The number of piperidine rings is 1. The molecule has 7 heteroatoms. The fourth-order valence-corrected chi connectivity index (χ4v) is 5.43. The van der Waals surface area contributed by atoms with Gasteiger partial charge in [-0.25, -0.2) is 4.98 Å². The number of anilines is 1. The number of hydrogen-bond donors (Lipinski definition) is 2. The molecule has 0 bridgehead atoms. The zero-order chi connectivity index (χ0) is 24.5. The lowest BCUT2D eigenvalue weighted by molar-refractivity contribution is 0.0712. The van der Waals surface area contributed by atoms with Crippen LogP contribution < -0.4 is 10.1 Å². The Hall–Kier alpha value is -3.35. The highest BCUT2D eigenvalue weighted by Crippen LogP contribution is 2.42. The molecule has 7 nitrogen and oxygen atoms in total. The van der Waals surface area contributed by atoms with Gasteiger partial charge in [-0.1, -0.05) is 18.6 Å². The number of rotatable bonds is 6. The van der Waals surface area contributed by atoms with Gasteiger partial charge < -0.3 is 15.0 Å². The van der Waals surface area contributed by atoms with Crippen molar-refractivity contribution in [3.05, 3.63) is 58.4 Å². The van der Waals surface area contributed by atoms with Gasteiger partial charge in [0.05, 0.1) is 12.8 Å². The third kappa shape index (κ3) is 4.51. The van der Waals surface area contributed by atoms with Gasteiger partial charge in [0.1, 0.15) is 11.6 Å². The van der Waals surface area contributed by atoms with Crippen LogP contribution in [0.3, 0.4) is 0 Å². The maximum Gasteiger partial charge on any atom is 0.254 e. The highest BCUT2D eigenvalue weighted by atomic mass is 16.5.